The van der Waals surface area contributed by atoms with Gasteiger partial charge in [0.1, 0.15) is 16.5 Å². The first-order chi connectivity index (χ1) is 10.2. The Bertz CT molecular complexity index is 690. The van der Waals surface area contributed by atoms with Crippen molar-refractivity contribution >= 4 is 23.0 Å². The SMILES string of the molecule is O=[N+]([O-])c1c(Cl)cccc1NC1CCOc2ccccc21. The molecule has 1 N–H and O–H groups in total. The number of nitrogens with one attached hydrogen (secondary N) is 1. The molecule has 3 rings (SSSR count). The van der Waals surface area contributed by atoms with Gasteiger partial charge in [0.05, 0.1) is 17.6 Å². The van der Waals surface area contributed by atoms with Crippen LogP contribution in [0.3, 0.4) is 0 Å². The Morgan fingerprint density at radius 3 is 2.86 bits per heavy atom. The highest BCUT2D eigenvalue weighted by molar-refractivity contribution is 6.33. The number of halogens is 1. The second kappa shape index (κ2) is 5.61. The van der Waals surface area contributed by atoms with E-state index in [1.165, 1.54) is 6.07 Å². The van der Waals surface area contributed by atoms with Gasteiger partial charge in [0.15, 0.2) is 0 Å². The minimum atomic E-state index is -0.462. The number of anilines is 1. The zero-order chi connectivity index (χ0) is 14.8. The fourth-order valence-corrected chi connectivity index (χ4v) is 2.74. The van der Waals surface area contributed by atoms with Crippen LogP contribution in [-0.4, -0.2) is 11.5 Å². The van der Waals surface area contributed by atoms with Crippen LogP contribution in [0, 0.1) is 10.1 Å². The van der Waals surface area contributed by atoms with Crippen LogP contribution in [0.4, 0.5) is 11.4 Å². The molecule has 1 unspecified atom stereocenters. The van der Waals surface area contributed by atoms with Crippen LogP contribution in [0.25, 0.3) is 0 Å². The Labute approximate surface area is 126 Å². The molecule has 21 heavy (non-hydrogen) atoms. The summed E-state index contributed by atoms with van der Waals surface area (Å²) >= 11 is 5.94. The fourth-order valence-electron chi connectivity index (χ4n) is 2.50. The molecule has 1 aliphatic rings. The average Bonchev–Trinajstić information content (AvgIpc) is 2.47. The number of para-hydroxylation sites is 2. The Balaban J connectivity index is 1.96. The number of hydrogen-bond acceptors (Lipinski definition) is 4. The second-order valence-corrected chi connectivity index (χ2v) is 5.17. The fraction of sp³-hybridized carbons (Fsp3) is 0.200. The molecule has 0 spiro atoms. The van der Waals surface area contributed by atoms with Crippen molar-refractivity contribution in [1.29, 1.82) is 0 Å². The molecule has 6 heteroatoms. The molecule has 0 aliphatic carbocycles. The molecular weight excluding hydrogens is 292 g/mol. The van der Waals surface area contributed by atoms with E-state index in [1.54, 1.807) is 12.1 Å². The smallest absolute Gasteiger partial charge is 0.310 e. The maximum Gasteiger partial charge on any atom is 0.310 e. The van der Waals surface area contributed by atoms with Crippen molar-refractivity contribution in [1.82, 2.24) is 0 Å². The lowest BCUT2D eigenvalue weighted by atomic mass is 10.00. The molecule has 5 nitrogen and oxygen atoms in total. The monoisotopic (exact) mass is 304 g/mol. The van der Waals surface area contributed by atoms with E-state index in [0.717, 1.165) is 17.7 Å². The highest BCUT2D eigenvalue weighted by Crippen LogP contribution is 2.38. The molecule has 1 aliphatic heterocycles. The van der Waals surface area contributed by atoms with Gasteiger partial charge in [-0.05, 0) is 18.2 Å². The van der Waals surface area contributed by atoms with Gasteiger partial charge in [-0.1, -0.05) is 35.9 Å². The van der Waals surface area contributed by atoms with E-state index in [0.29, 0.717) is 12.3 Å². The van der Waals surface area contributed by atoms with Gasteiger partial charge >= 0.3 is 5.69 Å². The van der Waals surface area contributed by atoms with E-state index < -0.39 is 4.92 Å². The van der Waals surface area contributed by atoms with Crippen LogP contribution >= 0.6 is 11.6 Å². The number of benzene rings is 2. The van der Waals surface area contributed by atoms with Crippen LogP contribution in [0.1, 0.15) is 18.0 Å². The molecule has 1 atom stereocenters. The molecule has 1 heterocycles. The molecule has 2 aromatic carbocycles. The molecule has 108 valence electrons. The van der Waals surface area contributed by atoms with Gasteiger partial charge < -0.3 is 10.1 Å². The van der Waals surface area contributed by atoms with E-state index in [1.807, 2.05) is 24.3 Å². The minimum Gasteiger partial charge on any atom is -0.493 e. The van der Waals surface area contributed by atoms with Gasteiger partial charge in [-0.2, -0.15) is 0 Å². The highest BCUT2D eigenvalue weighted by atomic mass is 35.5. The van der Waals surface area contributed by atoms with Crippen molar-refractivity contribution in [3.63, 3.8) is 0 Å². The maximum absolute atomic E-state index is 11.2. The van der Waals surface area contributed by atoms with Gasteiger partial charge in [-0.15, -0.1) is 0 Å². The lowest BCUT2D eigenvalue weighted by molar-refractivity contribution is -0.383. The summed E-state index contributed by atoms with van der Waals surface area (Å²) in [6, 6.07) is 12.5. The molecule has 0 aromatic heterocycles. The van der Waals surface area contributed by atoms with E-state index >= 15 is 0 Å². The predicted octanol–water partition coefficient (Wildman–Crippen LogP) is 4.18. The van der Waals surface area contributed by atoms with E-state index in [4.69, 9.17) is 16.3 Å². The summed E-state index contributed by atoms with van der Waals surface area (Å²) < 4.78 is 5.59. The van der Waals surface area contributed by atoms with E-state index in [9.17, 15) is 10.1 Å². The standard InChI is InChI=1S/C15H13ClN2O3/c16-11-5-3-6-13(15(11)18(19)20)17-12-8-9-21-14-7-2-1-4-10(12)14/h1-7,12,17H,8-9H2. The summed E-state index contributed by atoms with van der Waals surface area (Å²) in [5.74, 6) is 0.811. The van der Waals surface area contributed by atoms with Crippen LogP contribution in [0.2, 0.25) is 5.02 Å². The third kappa shape index (κ3) is 2.64. The Hall–Kier alpha value is -2.27. The second-order valence-electron chi connectivity index (χ2n) is 4.76. The van der Waals surface area contributed by atoms with Crippen molar-refractivity contribution < 1.29 is 9.66 Å². The Morgan fingerprint density at radius 1 is 1.24 bits per heavy atom. The van der Waals surface area contributed by atoms with Gasteiger partial charge in [0.25, 0.3) is 0 Å². The Kier molecular flexibility index (Phi) is 3.66. The first-order valence-electron chi connectivity index (χ1n) is 6.58. The lowest BCUT2D eigenvalue weighted by Gasteiger charge is -2.27. The van der Waals surface area contributed by atoms with Gasteiger partial charge in [0, 0.05) is 12.0 Å². The van der Waals surface area contributed by atoms with Crippen molar-refractivity contribution in [2.24, 2.45) is 0 Å². The van der Waals surface area contributed by atoms with Crippen molar-refractivity contribution in [3.8, 4) is 5.75 Å². The maximum atomic E-state index is 11.2. The summed E-state index contributed by atoms with van der Waals surface area (Å²) in [4.78, 5) is 10.7. The predicted molar refractivity (Wildman–Crippen MR) is 81.0 cm³/mol. The van der Waals surface area contributed by atoms with E-state index in [-0.39, 0.29) is 16.8 Å². The normalized spacial score (nSPS) is 16.7. The molecule has 0 fully saturated rings. The summed E-state index contributed by atoms with van der Waals surface area (Å²) in [6.07, 6.45) is 0.737. The molecule has 0 saturated carbocycles. The molecular formula is C15H13ClN2O3. The largest absolute Gasteiger partial charge is 0.493 e. The summed E-state index contributed by atoms with van der Waals surface area (Å²) in [5, 5.41) is 14.5. The minimum absolute atomic E-state index is 0.0351. The van der Waals surface area contributed by atoms with E-state index in [2.05, 4.69) is 5.32 Å². The summed E-state index contributed by atoms with van der Waals surface area (Å²) in [5.41, 5.74) is 1.33. The third-order valence-electron chi connectivity index (χ3n) is 3.46. The number of ether oxygens (including phenoxy) is 1. The van der Waals surface area contributed by atoms with Crippen LogP contribution in [0.15, 0.2) is 42.5 Å². The number of nitro benzene ring substituents is 1. The highest BCUT2D eigenvalue weighted by Gasteiger charge is 2.25. The molecule has 0 bridgehead atoms. The van der Waals surface area contributed by atoms with Gasteiger partial charge in [-0.25, -0.2) is 0 Å². The summed E-state index contributed by atoms with van der Waals surface area (Å²) in [7, 11) is 0. The number of hydrogen-bond donors (Lipinski definition) is 1. The van der Waals surface area contributed by atoms with Crippen molar-refractivity contribution in [3.05, 3.63) is 63.2 Å². The number of fused-ring (bicyclic) bond motifs is 1. The zero-order valence-corrected chi connectivity index (χ0v) is 11.8. The molecule has 0 amide bonds. The van der Waals surface area contributed by atoms with Gasteiger partial charge in [-0.3, -0.25) is 10.1 Å². The van der Waals surface area contributed by atoms with Crippen molar-refractivity contribution in [2.45, 2.75) is 12.5 Å². The number of nitrogens with zero attached hydrogens (tertiary/aromatic N) is 1. The first kappa shape index (κ1) is 13.7. The van der Waals surface area contributed by atoms with Crippen LogP contribution in [0.5, 0.6) is 5.75 Å². The zero-order valence-electron chi connectivity index (χ0n) is 11.1. The Morgan fingerprint density at radius 2 is 2.05 bits per heavy atom. The molecule has 0 radical (unpaired) electrons. The molecule has 2 aromatic rings. The first-order valence-corrected chi connectivity index (χ1v) is 6.96. The number of rotatable bonds is 3. The average molecular weight is 305 g/mol. The van der Waals surface area contributed by atoms with Crippen LogP contribution < -0.4 is 10.1 Å². The van der Waals surface area contributed by atoms with Crippen LogP contribution in [-0.2, 0) is 0 Å². The lowest BCUT2D eigenvalue weighted by Crippen LogP contribution is -2.20. The quantitative estimate of drug-likeness (QED) is 0.682. The third-order valence-corrected chi connectivity index (χ3v) is 3.76. The number of nitro groups is 1. The van der Waals surface area contributed by atoms with Crippen molar-refractivity contribution in [2.75, 3.05) is 11.9 Å². The topological polar surface area (TPSA) is 64.4 Å². The molecule has 0 saturated heterocycles. The van der Waals surface area contributed by atoms with Gasteiger partial charge in [0.2, 0.25) is 0 Å². The summed E-state index contributed by atoms with van der Waals surface area (Å²) in [6.45, 7) is 0.572.